The molecule has 0 fully saturated rings. The van der Waals surface area contributed by atoms with Crippen LogP contribution in [0.3, 0.4) is 0 Å². The molecule has 0 aliphatic rings. The predicted octanol–water partition coefficient (Wildman–Crippen LogP) is 1.28. The minimum Gasteiger partial charge on any atom is -0.392 e. The third kappa shape index (κ3) is 2.31. The van der Waals surface area contributed by atoms with Crippen LogP contribution >= 0.6 is 0 Å². The Kier molecular flexibility index (Phi) is 3.81. The molecular formula is C13H20N4O. The minimum absolute atomic E-state index is 0.0641. The smallest absolute Gasteiger partial charge is 0.0853 e. The summed E-state index contributed by atoms with van der Waals surface area (Å²) in [7, 11) is 1.91. The number of rotatable bonds is 5. The summed E-state index contributed by atoms with van der Waals surface area (Å²) in [5.74, 6) is 0. The lowest BCUT2D eigenvalue weighted by atomic mass is 10.1. The number of aliphatic hydroxyl groups excluding tert-OH is 1. The van der Waals surface area contributed by atoms with E-state index >= 15 is 0 Å². The second-order valence-electron chi connectivity index (χ2n) is 4.38. The van der Waals surface area contributed by atoms with E-state index in [9.17, 15) is 5.11 Å². The fraction of sp³-hybridized carbons (Fsp3) is 0.538. The molecule has 0 atom stereocenters. The molecule has 0 aliphatic carbocycles. The highest BCUT2D eigenvalue weighted by Gasteiger charge is 2.15. The van der Waals surface area contributed by atoms with Gasteiger partial charge in [0.25, 0.3) is 0 Å². The SMILES string of the molecule is CCc1nn(Cc2ccn(C)n2)c(CC)c1CO. The zero-order chi connectivity index (χ0) is 13.1. The monoisotopic (exact) mass is 248 g/mol. The first-order valence-electron chi connectivity index (χ1n) is 6.36. The number of aryl methyl sites for hydroxylation is 2. The largest absolute Gasteiger partial charge is 0.392 e. The van der Waals surface area contributed by atoms with Crippen LogP contribution in [0, 0.1) is 0 Å². The van der Waals surface area contributed by atoms with Crippen molar-refractivity contribution in [3.8, 4) is 0 Å². The molecule has 2 aromatic heterocycles. The second kappa shape index (κ2) is 5.35. The third-order valence-electron chi connectivity index (χ3n) is 3.16. The average molecular weight is 248 g/mol. The van der Waals surface area contributed by atoms with Crippen LogP contribution in [-0.2, 0) is 33.0 Å². The van der Waals surface area contributed by atoms with Gasteiger partial charge < -0.3 is 5.11 Å². The first-order valence-corrected chi connectivity index (χ1v) is 6.36. The van der Waals surface area contributed by atoms with Crippen LogP contribution in [0.15, 0.2) is 12.3 Å². The van der Waals surface area contributed by atoms with Gasteiger partial charge in [-0.05, 0) is 18.9 Å². The molecule has 2 aromatic rings. The molecule has 0 saturated carbocycles. The van der Waals surface area contributed by atoms with Crippen molar-refractivity contribution >= 4 is 0 Å². The van der Waals surface area contributed by atoms with Crippen LogP contribution < -0.4 is 0 Å². The molecular weight excluding hydrogens is 228 g/mol. The normalized spacial score (nSPS) is 11.1. The van der Waals surface area contributed by atoms with E-state index in [-0.39, 0.29) is 6.61 Å². The van der Waals surface area contributed by atoms with E-state index in [4.69, 9.17) is 0 Å². The lowest BCUT2D eigenvalue weighted by molar-refractivity contribution is 0.279. The Morgan fingerprint density at radius 1 is 1.22 bits per heavy atom. The summed E-state index contributed by atoms with van der Waals surface area (Å²) >= 11 is 0. The molecule has 0 amide bonds. The highest BCUT2D eigenvalue weighted by Crippen LogP contribution is 2.17. The van der Waals surface area contributed by atoms with Crippen LogP contribution in [0.4, 0.5) is 0 Å². The van der Waals surface area contributed by atoms with Crippen molar-refractivity contribution in [1.29, 1.82) is 0 Å². The number of hydrogen-bond donors (Lipinski definition) is 1. The molecule has 0 saturated heterocycles. The first-order chi connectivity index (χ1) is 8.69. The predicted molar refractivity (Wildman–Crippen MR) is 69.2 cm³/mol. The Balaban J connectivity index is 2.35. The van der Waals surface area contributed by atoms with Gasteiger partial charge in [0.05, 0.1) is 24.5 Å². The van der Waals surface area contributed by atoms with Crippen LogP contribution in [0.25, 0.3) is 0 Å². The summed E-state index contributed by atoms with van der Waals surface area (Å²) < 4.78 is 3.75. The topological polar surface area (TPSA) is 55.9 Å². The molecule has 0 spiro atoms. The molecule has 0 bridgehead atoms. The summed E-state index contributed by atoms with van der Waals surface area (Å²) in [6.45, 7) is 4.88. The molecule has 1 N–H and O–H groups in total. The molecule has 98 valence electrons. The van der Waals surface area contributed by atoms with E-state index in [0.717, 1.165) is 35.5 Å². The summed E-state index contributed by atoms with van der Waals surface area (Å²) in [5.41, 5.74) is 4.07. The zero-order valence-electron chi connectivity index (χ0n) is 11.2. The van der Waals surface area contributed by atoms with Crippen LogP contribution in [0.1, 0.15) is 36.5 Å². The van der Waals surface area contributed by atoms with Crippen molar-refractivity contribution in [3.63, 3.8) is 0 Å². The fourth-order valence-electron chi connectivity index (χ4n) is 2.28. The lowest BCUT2D eigenvalue weighted by Crippen LogP contribution is -2.07. The molecule has 5 nitrogen and oxygen atoms in total. The molecule has 2 rings (SSSR count). The zero-order valence-corrected chi connectivity index (χ0v) is 11.2. The van der Waals surface area contributed by atoms with Crippen LogP contribution in [-0.4, -0.2) is 24.7 Å². The van der Waals surface area contributed by atoms with Crippen molar-refractivity contribution in [2.24, 2.45) is 7.05 Å². The van der Waals surface area contributed by atoms with E-state index < -0.39 is 0 Å². The van der Waals surface area contributed by atoms with Gasteiger partial charge in [0.1, 0.15) is 0 Å². The minimum atomic E-state index is 0.0641. The van der Waals surface area contributed by atoms with Crippen molar-refractivity contribution in [2.45, 2.75) is 39.8 Å². The first kappa shape index (κ1) is 12.8. The van der Waals surface area contributed by atoms with Gasteiger partial charge in [-0.1, -0.05) is 13.8 Å². The molecule has 2 heterocycles. The van der Waals surface area contributed by atoms with Gasteiger partial charge >= 0.3 is 0 Å². The maximum atomic E-state index is 9.47. The maximum Gasteiger partial charge on any atom is 0.0853 e. The number of aliphatic hydroxyl groups is 1. The number of hydrogen-bond acceptors (Lipinski definition) is 3. The Morgan fingerprint density at radius 2 is 2.00 bits per heavy atom. The highest BCUT2D eigenvalue weighted by molar-refractivity contribution is 5.26. The fourth-order valence-corrected chi connectivity index (χ4v) is 2.28. The standard InChI is InChI=1S/C13H20N4O/c1-4-12-11(9-18)13(5-2)17(15-12)8-10-6-7-16(3)14-10/h6-7,18H,4-5,8-9H2,1-3H3. The van der Waals surface area contributed by atoms with Gasteiger partial charge in [0.2, 0.25) is 0 Å². The van der Waals surface area contributed by atoms with Crippen molar-refractivity contribution in [2.75, 3.05) is 0 Å². The van der Waals surface area contributed by atoms with Crippen LogP contribution in [0.2, 0.25) is 0 Å². The van der Waals surface area contributed by atoms with Gasteiger partial charge in [-0.25, -0.2) is 0 Å². The van der Waals surface area contributed by atoms with Crippen molar-refractivity contribution in [3.05, 3.63) is 34.9 Å². The number of aromatic nitrogens is 4. The average Bonchev–Trinajstić information content (AvgIpc) is 2.92. The van der Waals surface area contributed by atoms with E-state index in [1.165, 1.54) is 0 Å². The lowest BCUT2D eigenvalue weighted by Gasteiger charge is -2.05. The maximum absolute atomic E-state index is 9.47. The molecule has 0 unspecified atom stereocenters. The van der Waals surface area contributed by atoms with Crippen molar-refractivity contribution < 1.29 is 5.11 Å². The third-order valence-corrected chi connectivity index (χ3v) is 3.16. The summed E-state index contributed by atoms with van der Waals surface area (Å²) in [4.78, 5) is 0. The number of nitrogens with zero attached hydrogens (tertiary/aromatic N) is 4. The van der Waals surface area contributed by atoms with E-state index in [2.05, 4.69) is 24.0 Å². The van der Waals surface area contributed by atoms with E-state index in [1.54, 1.807) is 4.68 Å². The molecule has 0 aromatic carbocycles. The van der Waals surface area contributed by atoms with Gasteiger partial charge in [-0.3, -0.25) is 9.36 Å². The second-order valence-corrected chi connectivity index (χ2v) is 4.38. The molecule has 5 heteroatoms. The molecule has 18 heavy (non-hydrogen) atoms. The van der Waals surface area contributed by atoms with Gasteiger partial charge in [0, 0.05) is 24.5 Å². The molecule has 0 radical (unpaired) electrons. The quantitative estimate of drug-likeness (QED) is 0.867. The Hall–Kier alpha value is -1.62. The van der Waals surface area contributed by atoms with Crippen molar-refractivity contribution in [1.82, 2.24) is 19.6 Å². The Labute approximate surface area is 107 Å². The summed E-state index contributed by atoms with van der Waals surface area (Å²) in [6.07, 6.45) is 3.64. The summed E-state index contributed by atoms with van der Waals surface area (Å²) in [5, 5.41) is 18.4. The van der Waals surface area contributed by atoms with E-state index in [0.29, 0.717) is 6.54 Å². The van der Waals surface area contributed by atoms with E-state index in [1.807, 2.05) is 24.0 Å². The highest BCUT2D eigenvalue weighted by atomic mass is 16.3. The Bertz CT molecular complexity index is 527. The Morgan fingerprint density at radius 3 is 2.50 bits per heavy atom. The molecule has 0 aliphatic heterocycles. The van der Waals surface area contributed by atoms with Gasteiger partial charge in [-0.2, -0.15) is 10.2 Å². The van der Waals surface area contributed by atoms with Gasteiger partial charge in [0.15, 0.2) is 0 Å². The van der Waals surface area contributed by atoms with Crippen LogP contribution in [0.5, 0.6) is 0 Å². The van der Waals surface area contributed by atoms with Gasteiger partial charge in [-0.15, -0.1) is 0 Å². The summed E-state index contributed by atoms with van der Waals surface area (Å²) in [6, 6.07) is 1.99.